The van der Waals surface area contributed by atoms with Gasteiger partial charge in [-0.1, -0.05) is 153 Å². The van der Waals surface area contributed by atoms with Crippen LogP contribution in [0.15, 0.2) is 182 Å². The first-order chi connectivity index (χ1) is 25.6. The van der Waals surface area contributed by atoms with Gasteiger partial charge in [0.05, 0.1) is 22.7 Å². The lowest BCUT2D eigenvalue weighted by molar-refractivity contribution is 0.472. The third kappa shape index (κ3) is 4.66. The van der Waals surface area contributed by atoms with Crippen LogP contribution in [0.5, 0.6) is 11.5 Å². The number of fused-ring (bicyclic) bond motifs is 5. The van der Waals surface area contributed by atoms with Crippen LogP contribution in [0.1, 0.15) is 25.0 Å². The first-order valence-corrected chi connectivity index (χ1v) is 17.9. The zero-order valence-electron chi connectivity index (χ0n) is 29.1. The maximum atomic E-state index is 7.27. The number of nitrogens with zero attached hydrogens (tertiary/aromatic N) is 2. The van der Waals surface area contributed by atoms with E-state index in [-0.39, 0.29) is 5.41 Å². The Morgan fingerprint density at radius 3 is 1.98 bits per heavy atom. The van der Waals surface area contributed by atoms with E-state index >= 15 is 0 Å². The third-order valence-corrected chi connectivity index (χ3v) is 10.8. The first-order valence-electron chi connectivity index (χ1n) is 17.9. The van der Waals surface area contributed by atoms with Crippen molar-refractivity contribution in [3.05, 3.63) is 193 Å². The Bertz CT molecular complexity index is 2640. The fraction of sp³-hybridized carbons (Fsp3) is 0.0612. The van der Waals surface area contributed by atoms with Crippen LogP contribution >= 0.6 is 0 Å². The van der Waals surface area contributed by atoms with Crippen molar-refractivity contribution in [1.82, 2.24) is 0 Å². The quantitative estimate of drug-likeness (QED) is 0.182. The molecule has 0 spiro atoms. The van der Waals surface area contributed by atoms with Crippen LogP contribution in [0.25, 0.3) is 33.0 Å². The summed E-state index contributed by atoms with van der Waals surface area (Å²) >= 11 is 0. The number of hydrogen-bond acceptors (Lipinski definition) is 3. The maximum Gasteiger partial charge on any atom is 0.175 e. The molecule has 0 saturated heterocycles. The molecule has 0 aromatic heterocycles. The highest BCUT2D eigenvalue weighted by molar-refractivity contribution is 6.02. The predicted octanol–water partition coefficient (Wildman–Crippen LogP) is 13.9. The summed E-state index contributed by atoms with van der Waals surface area (Å²) in [6, 6.07) is 65.3. The summed E-state index contributed by atoms with van der Waals surface area (Å²) < 4.78 is 7.27. The van der Waals surface area contributed by atoms with Crippen LogP contribution in [0.2, 0.25) is 0 Å². The van der Waals surface area contributed by atoms with Crippen LogP contribution in [0.4, 0.5) is 34.1 Å². The van der Waals surface area contributed by atoms with Crippen LogP contribution < -0.4 is 14.5 Å². The average molecular weight is 669 g/mol. The fourth-order valence-electron chi connectivity index (χ4n) is 8.25. The van der Waals surface area contributed by atoms with E-state index in [0.29, 0.717) is 0 Å². The van der Waals surface area contributed by atoms with Crippen molar-refractivity contribution < 1.29 is 4.74 Å². The van der Waals surface area contributed by atoms with E-state index in [2.05, 4.69) is 206 Å². The van der Waals surface area contributed by atoms with Gasteiger partial charge in [0.25, 0.3) is 0 Å². The van der Waals surface area contributed by atoms with Gasteiger partial charge in [-0.3, -0.25) is 0 Å². The lowest BCUT2D eigenvalue weighted by Gasteiger charge is -2.46. The summed E-state index contributed by atoms with van der Waals surface area (Å²) in [6.07, 6.45) is 0. The second-order valence-electron chi connectivity index (χ2n) is 14.2. The summed E-state index contributed by atoms with van der Waals surface area (Å²) in [6.45, 7) is 4.67. The number of ether oxygens (including phenoxy) is 1. The molecule has 8 aromatic carbocycles. The Morgan fingerprint density at radius 2 is 1.15 bits per heavy atom. The van der Waals surface area contributed by atoms with Gasteiger partial charge in [-0.2, -0.15) is 0 Å². The van der Waals surface area contributed by atoms with E-state index < -0.39 is 0 Å². The Morgan fingerprint density at radius 1 is 0.481 bits per heavy atom. The van der Waals surface area contributed by atoms with Gasteiger partial charge in [-0.25, -0.2) is 0 Å². The molecule has 2 aliphatic heterocycles. The summed E-state index contributed by atoms with van der Waals surface area (Å²) in [5.41, 5.74) is 13.3. The van der Waals surface area contributed by atoms with Crippen LogP contribution in [-0.4, -0.2) is 0 Å². The fourth-order valence-corrected chi connectivity index (χ4v) is 8.25. The van der Waals surface area contributed by atoms with Crippen LogP contribution in [0, 0.1) is 0 Å². The Balaban J connectivity index is 1.26. The minimum atomic E-state index is -0.265. The zero-order chi connectivity index (χ0) is 34.8. The van der Waals surface area contributed by atoms with E-state index in [1.54, 1.807) is 0 Å². The Hall–Kier alpha value is -6.58. The van der Waals surface area contributed by atoms with Crippen molar-refractivity contribution >= 4 is 44.9 Å². The lowest BCUT2D eigenvalue weighted by atomic mass is 9.73. The number of benzene rings is 8. The van der Waals surface area contributed by atoms with Gasteiger partial charge in [0.15, 0.2) is 11.5 Å². The van der Waals surface area contributed by atoms with E-state index in [1.807, 2.05) is 0 Å². The number of para-hydroxylation sites is 2. The van der Waals surface area contributed by atoms with Crippen molar-refractivity contribution in [1.29, 1.82) is 0 Å². The zero-order valence-corrected chi connectivity index (χ0v) is 29.1. The van der Waals surface area contributed by atoms with E-state index in [4.69, 9.17) is 4.74 Å². The number of rotatable bonds is 5. The van der Waals surface area contributed by atoms with E-state index in [9.17, 15) is 0 Å². The number of hydrogen-bond donors (Lipinski definition) is 0. The molecule has 0 bridgehead atoms. The van der Waals surface area contributed by atoms with Gasteiger partial charge in [0.1, 0.15) is 0 Å². The predicted molar refractivity (Wildman–Crippen MR) is 216 cm³/mol. The molecular weight excluding hydrogens is 633 g/mol. The van der Waals surface area contributed by atoms with E-state index in [1.165, 1.54) is 33.2 Å². The van der Waals surface area contributed by atoms with Crippen LogP contribution in [-0.2, 0) is 5.41 Å². The molecule has 0 fully saturated rings. The van der Waals surface area contributed by atoms with Gasteiger partial charge < -0.3 is 14.5 Å². The molecule has 0 unspecified atom stereocenters. The van der Waals surface area contributed by atoms with Crippen LogP contribution in [0.3, 0.4) is 0 Å². The van der Waals surface area contributed by atoms with Crippen molar-refractivity contribution in [2.24, 2.45) is 0 Å². The van der Waals surface area contributed by atoms with Crippen molar-refractivity contribution in [2.75, 3.05) is 9.80 Å². The molecule has 3 nitrogen and oxygen atoms in total. The lowest BCUT2D eigenvalue weighted by Crippen LogP contribution is -2.33. The maximum absolute atomic E-state index is 7.27. The minimum absolute atomic E-state index is 0.265. The molecule has 52 heavy (non-hydrogen) atoms. The third-order valence-electron chi connectivity index (χ3n) is 10.8. The molecule has 8 aromatic rings. The SMILES string of the molecule is CC1(C)c2ccccc2N2c3c(cccc3-c3ccccc3)Oc3c(N(c4cccc(-c5ccccc5)c4)c4ccc5ccccc5c4)ccc1c32. The van der Waals surface area contributed by atoms with Gasteiger partial charge in [-0.05, 0) is 81.1 Å². The Kier molecular flexibility index (Phi) is 6.84. The molecule has 0 saturated carbocycles. The summed E-state index contributed by atoms with van der Waals surface area (Å²) in [4.78, 5) is 4.83. The summed E-state index contributed by atoms with van der Waals surface area (Å²) in [5.74, 6) is 1.68. The second kappa shape index (κ2) is 11.8. The monoisotopic (exact) mass is 668 g/mol. The van der Waals surface area contributed by atoms with Gasteiger partial charge in [-0.15, -0.1) is 0 Å². The second-order valence-corrected chi connectivity index (χ2v) is 14.2. The molecule has 2 heterocycles. The molecule has 2 aliphatic rings. The molecule has 0 N–H and O–H groups in total. The van der Waals surface area contributed by atoms with Gasteiger partial charge >= 0.3 is 0 Å². The largest absolute Gasteiger partial charge is 0.451 e. The van der Waals surface area contributed by atoms with E-state index in [0.717, 1.165) is 56.6 Å². The molecule has 248 valence electrons. The topological polar surface area (TPSA) is 15.7 Å². The standard InChI is InChI=1S/C49H36N2O/c1-49(2)41-24-11-12-25-43(41)51-46-40(35-18-7-4-8-19-35)23-14-26-45(46)52-48-44(30-29-42(49)47(48)51)50(39-28-27-34-17-9-10-20-36(34)32-39)38-22-13-21-37(31-38)33-15-5-3-6-16-33/h3-32H,1-2H3. The molecule has 3 heteroatoms. The normalized spacial score (nSPS) is 13.5. The average Bonchev–Trinajstić information content (AvgIpc) is 3.20. The summed E-state index contributed by atoms with van der Waals surface area (Å²) in [7, 11) is 0. The van der Waals surface area contributed by atoms with Crippen molar-refractivity contribution in [3.63, 3.8) is 0 Å². The highest BCUT2D eigenvalue weighted by Gasteiger charge is 2.43. The minimum Gasteiger partial charge on any atom is -0.451 e. The molecular formula is C49H36N2O. The molecule has 0 radical (unpaired) electrons. The van der Waals surface area contributed by atoms with Crippen molar-refractivity contribution in [2.45, 2.75) is 19.3 Å². The number of anilines is 6. The Labute approximate surface area is 304 Å². The smallest absolute Gasteiger partial charge is 0.175 e. The highest BCUT2D eigenvalue weighted by atomic mass is 16.5. The molecule has 0 amide bonds. The molecule has 0 atom stereocenters. The molecule has 10 rings (SSSR count). The molecule has 0 aliphatic carbocycles. The first kappa shape index (κ1) is 30.3. The highest BCUT2D eigenvalue weighted by Crippen LogP contribution is 2.64. The van der Waals surface area contributed by atoms with Gasteiger partial charge in [0.2, 0.25) is 0 Å². The van der Waals surface area contributed by atoms with Gasteiger partial charge in [0, 0.05) is 22.4 Å². The van der Waals surface area contributed by atoms with Crippen molar-refractivity contribution in [3.8, 4) is 33.8 Å². The summed E-state index contributed by atoms with van der Waals surface area (Å²) in [5, 5.41) is 2.39.